The number of imidazole rings is 1. The lowest BCUT2D eigenvalue weighted by molar-refractivity contribution is -0.137. The van der Waals surface area contributed by atoms with E-state index in [0.717, 1.165) is 11.2 Å². The van der Waals surface area contributed by atoms with Gasteiger partial charge in [0, 0.05) is 36.2 Å². The molecule has 0 saturated heterocycles. The number of pyridine rings is 1. The van der Waals surface area contributed by atoms with Gasteiger partial charge in [-0.1, -0.05) is 6.07 Å². The molecular weight excluding hydrogens is 456 g/mol. The number of hydrogen-bond donors (Lipinski definition) is 1. The maximum Gasteiger partial charge on any atom is 0.253 e. The summed E-state index contributed by atoms with van der Waals surface area (Å²) >= 11 is 0. The minimum Gasteiger partial charge on any atom is -0.457 e. The zero-order chi connectivity index (χ0) is 23.9. The number of benzene rings is 2. The van der Waals surface area contributed by atoms with Gasteiger partial charge in [-0.3, -0.25) is 19.5 Å². The van der Waals surface area contributed by atoms with Gasteiger partial charge in [0.05, 0.1) is 22.5 Å². The zero-order valence-corrected chi connectivity index (χ0v) is 18.7. The molecule has 1 N–H and O–H groups in total. The third-order valence-electron chi connectivity index (χ3n) is 5.28. The normalized spacial score (nSPS) is 13.7. The molecule has 34 heavy (non-hydrogen) atoms. The molecule has 0 radical (unpaired) electrons. The highest BCUT2D eigenvalue weighted by Gasteiger charge is 2.25. The predicted molar refractivity (Wildman–Crippen MR) is 124 cm³/mol. The van der Waals surface area contributed by atoms with Crippen molar-refractivity contribution in [2.24, 2.45) is 0 Å². The van der Waals surface area contributed by atoms with Crippen LogP contribution in [-0.2, 0) is 26.0 Å². The number of amides is 2. The number of sulfone groups is 1. The van der Waals surface area contributed by atoms with Crippen LogP contribution in [0.5, 0.6) is 11.5 Å². The Morgan fingerprint density at radius 3 is 2.38 bits per heavy atom. The molecule has 4 aromatic rings. The van der Waals surface area contributed by atoms with Crippen molar-refractivity contribution in [3.05, 3.63) is 78.5 Å². The molecule has 3 heterocycles. The number of hydrogen-bond acceptors (Lipinski definition) is 7. The Hall–Kier alpha value is -4.31. The van der Waals surface area contributed by atoms with Crippen LogP contribution in [0.3, 0.4) is 0 Å². The molecule has 2 amide bonds. The second-order valence-electron chi connectivity index (χ2n) is 7.72. The molecule has 170 valence electrons. The van der Waals surface area contributed by atoms with Gasteiger partial charge in [-0.25, -0.2) is 13.4 Å². The molecule has 2 aromatic carbocycles. The van der Waals surface area contributed by atoms with E-state index in [1.807, 2.05) is 18.2 Å². The summed E-state index contributed by atoms with van der Waals surface area (Å²) in [5.74, 6) is 0.516. The number of nitrogens with zero attached hydrogens (tertiary/aromatic N) is 3. The Balaban J connectivity index is 1.55. The first-order valence-corrected chi connectivity index (χ1v) is 12.1. The molecule has 2 aromatic heterocycles. The SMILES string of the molecule is CS(=O)(=O)c1ccc(Oc2cc3nc(-c4ccccn4)[nH]c3cc2CN2C(=O)C=CC2=O)cc1. The number of fused-ring (bicyclic) bond motifs is 1. The highest BCUT2D eigenvalue weighted by atomic mass is 32.2. The minimum absolute atomic E-state index is 0.00466. The van der Waals surface area contributed by atoms with Crippen molar-refractivity contribution in [3.8, 4) is 23.0 Å². The van der Waals surface area contributed by atoms with Crippen LogP contribution in [0.15, 0.2) is 77.8 Å². The van der Waals surface area contributed by atoms with E-state index in [1.54, 1.807) is 30.5 Å². The number of carbonyl (C=O) groups is 2. The van der Waals surface area contributed by atoms with Gasteiger partial charge >= 0.3 is 0 Å². The van der Waals surface area contributed by atoms with E-state index in [9.17, 15) is 18.0 Å². The van der Waals surface area contributed by atoms with Crippen molar-refractivity contribution in [1.29, 1.82) is 0 Å². The molecule has 5 rings (SSSR count). The number of ether oxygens (including phenoxy) is 1. The van der Waals surface area contributed by atoms with Crippen molar-refractivity contribution in [3.63, 3.8) is 0 Å². The Labute approximate surface area is 194 Å². The molecule has 1 aliphatic heterocycles. The van der Waals surface area contributed by atoms with Gasteiger partial charge in [0.25, 0.3) is 11.8 Å². The second kappa shape index (κ2) is 8.23. The summed E-state index contributed by atoms with van der Waals surface area (Å²) in [4.78, 5) is 37.7. The molecule has 0 fully saturated rings. The number of nitrogens with one attached hydrogen (secondary N) is 1. The number of carbonyl (C=O) groups excluding carboxylic acids is 2. The first-order chi connectivity index (χ1) is 16.3. The maximum atomic E-state index is 12.1. The number of aromatic amines is 1. The van der Waals surface area contributed by atoms with Crippen LogP contribution in [0, 0.1) is 0 Å². The minimum atomic E-state index is -3.35. The van der Waals surface area contributed by atoms with Gasteiger partial charge in [-0.05, 0) is 42.5 Å². The van der Waals surface area contributed by atoms with Crippen LogP contribution in [0.4, 0.5) is 0 Å². The molecule has 0 atom stereocenters. The van der Waals surface area contributed by atoms with Crippen LogP contribution in [0.25, 0.3) is 22.6 Å². The van der Waals surface area contributed by atoms with Crippen LogP contribution < -0.4 is 4.74 Å². The van der Waals surface area contributed by atoms with Crippen LogP contribution in [0.2, 0.25) is 0 Å². The molecular formula is C24H18N4O5S. The highest BCUT2D eigenvalue weighted by molar-refractivity contribution is 7.90. The Morgan fingerprint density at radius 2 is 1.74 bits per heavy atom. The average molecular weight is 474 g/mol. The number of aromatic nitrogens is 3. The van der Waals surface area contributed by atoms with Crippen molar-refractivity contribution >= 4 is 32.7 Å². The van der Waals surface area contributed by atoms with E-state index in [0.29, 0.717) is 39.6 Å². The summed E-state index contributed by atoms with van der Waals surface area (Å²) in [5.41, 5.74) is 2.52. The first kappa shape index (κ1) is 21.5. The molecule has 0 aliphatic carbocycles. The predicted octanol–water partition coefficient (Wildman–Crippen LogP) is 3.25. The molecule has 10 heteroatoms. The Morgan fingerprint density at radius 1 is 1.00 bits per heavy atom. The van der Waals surface area contributed by atoms with E-state index >= 15 is 0 Å². The molecule has 0 unspecified atom stereocenters. The smallest absolute Gasteiger partial charge is 0.253 e. The summed E-state index contributed by atoms with van der Waals surface area (Å²) in [6, 6.07) is 15.0. The fourth-order valence-electron chi connectivity index (χ4n) is 3.56. The average Bonchev–Trinajstić information content (AvgIpc) is 3.37. The lowest BCUT2D eigenvalue weighted by atomic mass is 10.1. The molecule has 0 saturated carbocycles. The van der Waals surface area contributed by atoms with Gasteiger partial charge < -0.3 is 9.72 Å². The highest BCUT2D eigenvalue weighted by Crippen LogP contribution is 2.32. The van der Waals surface area contributed by atoms with Crippen LogP contribution in [-0.4, -0.2) is 46.3 Å². The maximum absolute atomic E-state index is 12.1. The number of imide groups is 1. The third-order valence-corrected chi connectivity index (χ3v) is 6.41. The van der Waals surface area contributed by atoms with E-state index < -0.39 is 21.7 Å². The monoisotopic (exact) mass is 474 g/mol. The largest absolute Gasteiger partial charge is 0.457 e. The summed E-state index contributed by atoms with van der Waals surface area (Å²) < 4.78 is 29.5. The third kappa shape index (κ3) is 4.18. The van der Waals surface area contributed by atoms with Gasteiger partial charge in [0.2, 0.25) is 0 Å². The number of rotatable bonds is 6. The van der Waals surface area contributed by atoms with Crippen molar-refractivity contribution < 1.29 is 22.7 Å². The summed E-state index contributed by atoms with van der Waals surface area (Å²) in [7, 11) is -3.35. The first-order valence-electron chi connectivity index (χ1n) is 10.2. The van der Waals surface area contributed by atoms with E-state index in [-0.39, 0.29) is 11.4 Å². The zero-order valence-electron chi connectivity index (χ0n) is 17.9. The molecule has 9 nitrogen and oxygen atoms in total. The van der Waals surface area contributed by atoms with Gasteiger partial charge in [0.1, 0.15) is 17.2 Å². The van der Waals surface area contributed by atoms with E-state index in [2.05, 4.69) is 15.0 Å². The number of H-pyrrole nitrogens is 1. The standard InChI is InChI=1S/C24H18N4O5S/c1-34(31,32)17-7-5-16(6-8-17)33-21-13-20-19(26-24(27-20)18-4-2-3-11-25-18)12-15(21)14-28-22(29)9-10-23(28)30/h2-13H,14H2,1H3,(H,26,27). The van der Waals surface area contributed by atoms with E-state index in [4.69, 9.17) is 4.74 Å². The summed E-state index contributed by atoms with van der Waals surface area (Å²) in [6.07, 6.45) is 5.24. The van der Waals surface area contributed by atoms with Gasteiger partial charge in [-0.2, -0.15) is 0 Å². The quantitative estimate of drug-likeness (QED) is 0.426. The van der Waals surface area contributed by atoms with Gasteiger partial charge in [0.15, 0.2) is 15.7 Å². The fourth-order valence-corrected chi connectivity index (χ4v) is 4.19. The molecule has 1 aliphatic rings. The molecule has 0 spiro atoms. The van der Waals surface area contributed by atoms with Gasteiger partial charge in [-0.15, -0.1) is 0 Å². The lowest BCUT2D eigenvalue weighted by Gasteiger charge is -2.17. The van der Waals surface area contributed by atoms with Crippen molar-refractivity contribution in [1.82, 2.24) is 19.9 Å². The van der Waals surface area contributed by atoms with Crippen LogP contribution in [0.1, 0.15) is 5.56 Å². The van der Waals surface area contributed by atoms with Crippen molar-refractivity contribution in [2.75, 3.05) is 6.26 Å². The lowest BCUT2D eigenvalue weighted by Crippen LogP contribution is -2.29. The molecule has 0 bridgehead atoms. The Kier molecular flexibility index (Phi) is 5.21. The van der Waals surface area contributed by atoms with Crippen molar-refractivity contribution in [2.45, 2.75) is 11.4 Å². The fraction of sp³-hybridized carbons (Fsp3) is 0.0833. The van der Waals surface area contributed by atoms with Crippen LogP contribution >= 0.6 is 0 Å². The second-order valence-corrected chi connectivity index (χ2v) is 9.73. The summed E-state index contributed by atoms with van der Waals surface area (Å²) in [5, 5.41) is 0. The topological polar surface area (TPSA) is 122 Å². The summed E-state index contributed by atoms with van der Waals surface area (Å²) in [6.45, 7) is -0.00466. The van der Waals surface area contributed by atoms with E-state index in [1.165, 1.54) is 24.3 Å². The Bertz CT molecular complexity index is 1540.